The number of ether oxygens (including phenoxy) is 1. The normalized spacial score (nSPS) is 19.3. The van der Waals surface area contributed by atoms with Crippen molar-refractivity contribution in [3.63, 3.8) is 0 Å². The summed E-state index contributed by atoms with van der Waals surface area (Å²) in [4.78, 5) is 25.2. The van der Waals surface area contributed by atoms with Crippen molar-refractivity contribution in [3.8, 4) is 0 Å². The zero-order chi connectivity index (χ0) is 16.4. The van der Waals surface area contributed by atoms with E-state index >= 15 is 0 Å². The summed E-state index contributed by atoms with van der Waals surface area (Å²) >= 11 is 0. The van der Waals surface area contributed by atoms with Crippen LogP contribution in [0.3, 0.4) is 0 Å². The third kappa shape index (κ3) is 3.61. The van der Waals surface area contributed by atoms with Crippen molar-refractivity contribution in [3.05, 3.63) is 33.9 Å². The van der Waals surface area contributed by atoms with Crippen molar-refractivity contribution in [1.82, 2.24) is 5.32 Å². The number of anilines is 1. The Balaban J connectivity index is 1.80. The maximum atomic E-state index is 12.3. The highest BCUT2D eigenvalue weighted by molar-refractivity contribution is 5.96. The van der Waals surface area contributed by atoms with Crippen LogP contribution in [0.15, 0.2) is 18.2 Å². The summed E-state index contributed by atoms with van der Waals surface area (Å²) < 4.78 is 5.28. The molecule has 1 saturated heterocycles. The van der Waals surface area contributed by atoms with Crippen molar-refractivity contribution in [1.29, 1.82) is 0 Å². The molecule has 1 N–H and O–H groups in total. The van der Waals surface area contributed by atoms with E-state index in [-0.39, 0.29) is 17.6 Å². The molecule has 1 aliphatic heterocycles. The molecule has 7 nitrogen and oxygen atoms in total. The average Bonchev–Trinajstić information content (AvgIpc) is 3.40. The van der Waals surface area contributed by atoms with Crippen molar-refractivity contribution in [2.24, 2.45) is 5.92 Å². The summed E-state index contributed by atoms with van der Waals surface area (Å²) in [6.07, 6.45) is 2.27. The number of hydrogen-bond acceptors (Lipinski definition) is 5. The molecular formula is C16H21N3O4. The second-order valence-electron chi connectivity index (χ2n) is 6.16. The number of hydrogen-bond donors (Lipinski definition) is 1. The lowest BCUT2D eigenvalue weighted by Gasteiger charge is -2.28. The highest BCUT2D eigenvalue weighted by atomic mass is 16.6. The van der Waals surface area contributed by atoms with Gasteiger partial charge in [-0.15, -0.1) is 0 Å². The molecule has 0 bridgehead atoms. The smallest absolute Gasteiger partial charge is 0.293 e. The third-order valence-electron chi connectivity index (χ3n) is 4.47. The molecule has 2 aliphatic rings. The molecule has 1 aromatic rings. The molecule has 124 valence electrons. The Hall–Kier alpha value is -2.15. The van der Waals surface area contributed by atoms with E-state index in [0.29, 0.717) is 43.5 Å². The first-order valence-electron chi connectivity index (χ1n) is 7.98. The monoisotopic (exact) mass is 319 g/mol. The fourth-order valence-corrected chi connectivity index (χ4v) is 2.89. The number of carbonyl (C=O) groups excluding carboxylic acids is 1. The van der Waals surface area contributed by atoms with Gasteiger partial charge in [0, 0.05) is 30.8 Å². The van der Waals surface area contributed by atoms with Crippen molar-refractivity contribution in [2.45, 2.75) is 25.8 Å². The zero-order valence-electron chi connectivity index (χ0n) is 13.2. The molecule has 1 aromatic carbocycles. The van der Waals surface area contributed by atoms with Crippen LogP contribution >= 0.6 is 0 Å². The molecule has 1 amide bonds. The number of nitro groups is 1. The molecular weight excluding hydrogens is 298 g/mol. The fraction of sp³-hybridized carbons (Fsp3) is 0.562. The van der Waals surface area contributed by atoms with Gasteiger partial charge in [0.05, 0.1) is 18.1 Å². The summed E-state index contributed by atoms with van der Waals surface area (Å²) in [6.45, 7) is 4.32. The van der Waals surface area contributed by atoms with Gasteiger partial charge in [0.2, 0.25) is 0 Å². The van der Waals surface area contributed by atoms with Crippen LogP contribution < -0.4 is 10.2 Å². The standard InChI is InChI=1S/C16H21N3O4/c1-11(12-2-3-12)17-16(20)13-4-5-14(15(10-13)19(21)22)18-6-8-23-9-7-18/h4-5,10-12H,2-3,6-9H2,1H3,(H,17,20). The highest BCUT2D eigenvalue weighted by Gasteiger charge is 2.30. The third-order valence-corrected chi connectivity index (χ3v) is 4.47. The summed E-state index contributed by atoms with van der Waals surface area (Å²) in [5, 5.41) is 14.3. The molecule has 1 unspecified atom stereocenters. The number of rotatable bonds is 5. The Morgan fingerprint density at radius 3 is 2.70 bits per heavy atom. The van der Waals surface area contributed by atoms with E-state index in [1.54, 1.807) is 12.1 Å². The number of morpholine rings is 1. The average molecular weight is 319 g/mol. The van der Waals surface area contributed by atoms with E-state index in [1.165, 1.54) is 6.07 Å². The maximum absolute atomic E-state index is 12.3. The predicted molar refractivity (Wildman–Crippen MR) is 85.8 cm³/mol. The highest BCUT2D eigenvalue weighted by Crippen LogP contribution is 2.33. The minimum Gasteiger partial charge on any atom is -0.378 e. The summed E-state index contributed by atoms with van der Waals surface area (Å²) in [6, 6.07) is 4.81. The molecule has 1 saturated carbocycles. The Kier molecular flexibility index (Phi) is 4.47. The summed E-state index contributed by atoms with van der Waals surface area (Å²) in [5.41, 5.74) is 0.852. The Labute approximate surface area is 134 Å². The number of nitrogens with zero attached hydrogens (tertiary/aromatic N) is 2. The quantitative estimate of drug-likeness (QED) is 0.662. The lowest BCUT2D eigenvalue weighted by Crippen LogP contribution is -2.37. The Morgan fingerprint density at radius 1 is 1.39 bits per heavy atom. The van der Waals surface area contributed by atoms with Crippen molar-refractivity contribution < 1.29 is 14.5 Å². The molecule has 7 heteroatoms. The molecule has 3 rings (SSSR count). The van der Waals surface area contributed by atoms with E-state index in [9.17, 15) is 14.9 Å². The number of carbonyl (C=O) groups is 1. The Bertz CT molecular complexity index is 609. The second kappa shape index (κ2) is 6.54. The molecule has 2 fully saturated rings. The molecule has 0 aromatic heterocycles. The van der Waals surface area contributed by atoms with Gasteiger partial charge in [0.1, 0.15) is 5.69 Å². The number of benzene rings is 1. The first kappa shape index (κ1) is 15.7. The molecule has 0 radical (unpaired) electrons. The first-order chi connectivity index (χ1) is 11.1. The van der Waals surface area contributed by atoms with E-state index in [2.05, 4.69) is 5.32 Å². The largest absolute Gasteiger partial charge is 0.378 e. The van der Waals surface area contributed by atoms with Crippen LogP contribution in [0.5, 0.6) is 0 Å². The van der Waals surface area contributed by atoms with Crippen molar-refractivity contribution >= 4 is 17.3 Å². The summed E-state index contributed by atoms with van der Waals surface area (Å²) in [5.74, 6) is 0.294. The van der Waals surface area contributed by atoms with Gasteiger partial charge < -0.3 is 15.0 Å². The van der Waals surface area contributed by atoms with E-state index in [4.69, 9.17) is 4.74 Å². The van der Waals surface area contributed by atoms with Gasteiger partial charge in [-0.25, -0.2) is 0 Å². The van der Waals surface area contributed by atoms with E-state index < -0.39 is 4.92 Å². The van der Waals surface area contributed by atoms with Crippen LogP contribution in [0.2, 0.25) is 0 Å². The fourth-order valence-electron chi connectivity index (χ4n) is 2.89. The van der Waals surface area contributed by atoms with Gasteiger partial charge in [-0.05, 0) is 37.8 Å². The lowest BCUT2D eigenvalue weighted by molar-refractivity contribution is -0.384. The van der Waals surface area contributed by atoms with Crippen LogP contribution in [0.4, 0.5) is 11.4 Å². The summed E-state index contributed by atoms with van der Waals surface area (Å²) in [7, 11) is 0. The van der Waals surface area contributed by atoms with Crippen LogP contribution in [0, 0.1) is 16.0 Å². The van der Waals surface area contributed by atoms with Gasteiger partial charge >= 0.3 is 0 Å². The predicted octanol–water partition coefficient (Wildman–Crippen LogP) is 1.96. The maximum Gasteiger partial charge on any atom is 0.293 e. The van der Waals surface area contributed by atoms with Gasteiger partial charge in [-0.3, -0.25) is 14.9 Å². The zero-order valence-corrected chi connectivity index (χ0v) is 13.2. The number of nitro benzene ring substituents is 1. The molecule has 1 heterocycles. The minimum absolute atomic E-state index is 0.0291. The lowest BCUT2D eigenvalue weighted by atomic mass is 10.1. The van der Waals surface area contributed by atoms with E-state index in [1.807, 2.05) is 11.8 Å². The van der Waals surface area contributed by atoms with E-state index in [0.717, 1.165) is 12.8 Å². The van der Waals surface area contributed by atoms with Crippen LogP contribution in [0.25, 0.3) is 0 Å². The van der Waals surface area contributed by atoms with Gasteiger partial charge in [-0.2, -0.15) is 0 Å². The van der Waals surface area contributed by atoms with Crippen molar-refractivity contribution in [2.75, 3.05) is 31.2 Å². The van der Waals surface area contributed by atoms with Crippen LogP contribution in [0.1, 0.15) is 30.1 Å². The van der Waals surface area contributed by atoms with Gasteiger partial charge in [0.15, 0.2) is 0 Å². The molecule has 0 spiro atoms. The van der Waals surface area contributed by atoms with Crippen LogP contribution in [-0.4, -0.2) is 43.2 Å². The topological polar surface area (TPSA) is 84.7 Å². The molecule has 1 aliphatic carbocycles. The SMILES string of the molecule is CC(NC(=O)c1ccc(N2CCOCC2)c([N+](=O)[O-])c1)C1CC1. The Morgan fingerprint density at radius 2 is 2.09 bits per heavy atom. The number of nitrogens with one attached hydrogen (secondary N) is 1. The van der Waals surface area contributed by atoms with Gasteiger partial charge in [0.25, 0.3) is 11.6 Å². The second-order valence-corrected chi connectivity index (χ2v) is 6.16. The van der Waals surface area contributed by atoms with Gasteiger partial charge in [-0.1, -0.05) is 0 Å². The minimum atomic E-state index is -0.425. The van der Waals surface area contributed by atoms with Crippen LogP contribution in [-0.2, 0) is 4.74 Å². The first-order valence-corrected chi connectivity index (χ1v) is 7.98. The number of amides is 1. The molecule has 1 atom stereocenters. The molecule has 23 heavy (non-hydrogen) atoms.